The Hall–Kier alpha value is -4.17. The highest BCUT2D eigenvalue weighted by Crippen LogP contribution is 2.40. The lowest BCUT2D eigenvalue weighted by molar-refractivity contribution is -0.137. The third-order valence-electron chi connectivity index (χ3n) is 8.18. The van der Waals surface area contributed by atoms with Crippen LogP contribution in [0.3, 0.4) is 0 Å². The van der Waals surface area contributed by atoms with E-state index in [2.05, 4.69) is 15.2 Å². The number of hydrogen-bond acceptors (Lipinski definition) is 7. The van der Waals surface area contributed by atoms with E-state index in [0.717, 1.165) is 42.8 Å². The second-order valence-electron chi connectivity index (χ2n) is 10.9. The number of pyridine rings is 2. The Morgan fingerprint density at radius 1 is 1.17 bits per heavy atom. The van der Waals surface area contributed by atoms with Crippen molar-refractivity contribution < 1.29 is 22.7 Å². The predicted octanol–water partition coefficient (Wildman–Crippen LogP) is 4.79. The van der Waals surface area contributed by atoms with Crippen LogP contribution >= 0.6 is 0 Å². The van der Waals surface area contributed by atoms with Crippen LogP contribution in [0, 0.1) is 11.3 Å². The molecule has 11 heteroatoms. The lowest BCUT2D eigenvalue weighted by Crippen LogP contribution is -2.54. The number of piperidine rings is 1. The summed E-state index contributed by atoms with van der Waals surface area (Å²) < 4.78 is 45.5. The van der Waals surface area contributed by atoms with Gasteiger partial charge in [-0.15, -0.1) is 0 Å². The molecule has 3 aromatic rings. The Labute approximate surface area is 243 Å². The molecule has 220 valence electrons. The summed E-state index contributed by atoms with van der Waals surface area (Å²) >= 11 is 0. The predicted molar refractivity (Wildman–Crippen MR) is 152 cm³/mol. The van der Waals surface area contributed by atoms with Crippen LogP contribution in [0.25, 0.3) is 11.1 Å². The van der Waals surface area contributed by atoms with Gasteiger partial charge in [-0.05, 0) is 76.2 Å². The molecule has 0 unspecified atom stereocenters. The molecule has 42 heavy (non-hydrogen) atoms. The molecule has 0 radical (unpaired) electrons. The number of carbonyl (C=O) groups is 1. The molecule has 0 bridgehead atoms. The summed E-state index contributed by atoms with van der Waals surface area (Å²) in [7, 11) is 2.02. The van der Waals surface area contributed by atoms with E-state index >= 15 is 0 Å². The summed E-state index contributed by atoms with van der Waals surface area (Å²) in [5.41, 5.74) is 0.827. The van der Waals surface area contributed by atoms with Crippen LogP contribution in [0.4, 0.5) is 18.9 Å². The van der Waals surface area contributed by atoms with Gasteiger partial charge in [0.2, 0.25) is 11.8 Å². The molecule has 4 heterocycles. The number of aromatic nitrogens is 2. The first kappa shape index (κ1) is 29.3. The number of likely N-dealkylation sites (N-methyl/N-ethyl adjacent to an activating group) is 1. The smallest absolute Gasteiger partial charge is 0.416 e. The van der Waals surface area contributed by atoms with Crippen LogP contribution in [0.15, 0.2) is 54.9 Å². The van der Waals surface area contributed by atoms with E-state index in [1.54, 1.807) is 12.4 Å². The molecule has 2 aliphatic rings. The van der Waals surface area contributed by atoms with Gasteiger partial charge in [0, 0.05) is 49.2 Å². The van der Waals surface area contributed by atoms with Crippen molar-refractivity contribution in [1.29, 1.82) is 5.26 Å². The zero-order valence-electron chi connectivity index (χ0n) is 23.6. The zero-order chi connectivity index (χ0) is 29.9. The van der Waals surface area contributed by atoms with E-state index in [0.29, 0.717) is 49.8 Å². The van der Waals surface area contributed by atoms with Crippen LogP contribution in [-0.4, -0.2) is 66.7 Å². The van der Waals surface area contributed by atoms with Crippen molar-refractivity contribution in [3.8, 4) is 23.1 Å². The van der Waals surface area contributed by atoms with Crippen LogP contribution < -0.4 is 15.0 Å². The highest BCUT2D eigenvalue weighted by Gasteiger charge is 2.45. The van der Waals surface area contributed by atoms with Crippen molar-refractivity contribution in [1.82, 2.24) is 20.2 Å². The third-order valence-corrected chi connectivity index (χ3v) is 8.18. The quantitative estimate of drug-likeness (QED) is 0.431. The number of nitrogens with one attached hydrogen (secondary N) is 1. The number of nitriles is 1. The van der Waals surface area contributed by atoms with Crippen molar-refractivity contribution in [2.45, 2.75) is 43.8 Å². The minimum atomic E-state index is -4.54. The van der Waals surface area contributed by atoms with Gasteiger partial charge in [0.25, 0.3) is 0 Å². The number of ether oxygens (including phenoxy) is 1. The van der Waals surface area contributed by atoms with Crippen molar-refractivity contribution >= 4 is 11.6 Å². The normalized spacial score (nSPS) is 18.9. The maximum Gasteiger partial charge on any atom is 0.416 e. The van der Waals surface area contributed by atoms with Gasteiger partial charge in [0.15, 0.2) is 0 Å². The Bertz CT molecular complexity index is 1460. The number of anilines is 1. The van der Waals surface area contributed by atoms with E-state index in [1.807, 2.05) is 49.2 Å². The minimum Gasteiger partial charge on any atom is -0.478 e. The molecular formula is C31H33F3N6O2. The number of carbonyl (C=O) groups excluding carboxylic acids is 1. The first-order chi connectivity index (χ1) is 20.1. The molecule has 0 spiro atoms. The van der Waals surface area contributed by atoms with Crippen molar-refractivity contribution in [3.05, 3.63) is 71.7 Å². The van der Waals surface area contributed by atoms with E-state index in [-0.39, 0.29) is 17.5 Å². The highest BCUT2D eigenvalue weighted by atomic mass is 19.4. The van der Waals surface area contributed by atoms with Gasteiger partial charge < -0.3 is 19.9 Å². The first-order valence-corrected chi connectivity index (χ1v) is 14.0. The van der Waals surface area contributed by atoms with E-state index < -0.39 is 17.2 Å². The summed E-state index contributed by atoms with van der Waals surface area (Å²) in [5, 5.41) is 12.9. The Balaban J connectivity index is 1.44. The van der Waals surface area contributed by atoms with E-state index in [9.17, 15) is 23.2 Å². The molecule has 2 aromatic heterocycles. The van der Waals surface area contributed by atoms with Crippen molar-refractivity contribution in [2.75, 3.05) is 44.7 Å². The van der Waals surface area contributed by atoms with E-state index in [4.69, 9.17) is 9.72 Å². The largest absolute Gasteiger partial charge is 0.478 e. The molecule has 1 amide bonds. The fraction of sp³-hybridized carbons (Fsp3) is 0.419. The van der Waals surface area contributed by atoms with Crippen LogP contribution in [-0.2, 0) is 16.4 Å². The average Bonchev–Trinajstić information content (AvgIpc) is 3.41. The monoisotopic (exact) mass is 578 g/mol. The lowest BCUT2D eigenvalue weighted by Gasteiger charge is -2.42. The summed E-state index contributed by atoms with van der Waals surface area (Å²) in [6, 6.07) is 12.7. The fourth-order valence-electron chi connectivity index (χ4n) is 5.88. The molecule has 5 rings (SSSR count). The number of rotatable bonds is 7. The van der Waals surface area contributed by atoms with Gasteiger partial charge in [0.1, 0.15) is 6.07 Å². The molecule has 0 aliphatic carbocycles. The Morgan fingerprint density at radius 2 is 1.95 bits per heavy atom. The molecule has 0 saturated carbocycles. The standard InChI is InChI=1S/C31H33F3N6O2/c1-3-42-28-25(5-4-13-36-28)21-6-9-27(37-19-21)30(29(41)38-24-10-14-39(2)20-24)11-15-40(16-12-30)26-8-7-23(31(32,33)34)17-22(26)18-35/h4-9,13,17,19,24H,3,10-12,14-16,20H2,1-2H3,(H,38,41)/t24-/m1/s1. The van der Waals surface area contributed by atoms with Gasteiger partial charge in [-0.25, -0.2) is 4.98 Å². The molecule has 8 nitrogen and oxygen atoms in total. The second-order valence-corrected chi connectivity index (χ2v) is 10.9. The molecule has 2 fully saturated rings. The fourth-order valence-corrected chi connectivity index (χ4v) is 5.88. The summed E-state index contributed by atoms with van der Waals surface area (Å²) in [4.78, 5) is 27.2. The van der Waals surface area contributed by atoms with Gasteiger partial charge >= 0.3 is 6.18 Å². The van der Waals surface area contributed by atoms with Gasteiger partial charge in [-0.1, -0.05) is 6.07 Å². The Morgan fingerprint density at radius 3 is 2.57 bits per heavy atom. The molecule has 2 aliphatic heterocycles. The van der Waals surface area contributed by atoms with Gasteiger partial charge in [-0.3, -0.25) is 9.78 Å². The second kappa shape index (κ2) is 12.0. The lowest BCUT2D eigenvalue weighted by atomic mass is 9.74. The molecule has 2 saturated heterocycles. The highest BCUT2D eigenvalue weighted by molar-refractivity contribution is 5.88. The number of benzene rings is 1. The maximum atomic E-state index is 14.0. The van der Waals surface area contributed by atoms with Gasteiger partial charge in [-0.2, -0.15) is 18.4 Å². The van der Waals surface area contributed by atoms with Crippen LogP contribution in [0.2, 0.25) is 0 Å². The number of amides is 1. The van der Waals surface area contributed by atoms with E-state index in [1.165, 1.54) is 6.07 Å². The topological polar surface area (TPSA) is 94.4 Å². The third kappa shape index (κ3) is 5.90. The molecular weight excluding hydrogens is 545 g/mol. The number of likely N-dealkylation sites (tertiary alicyclic amines) is 1. The van der Waals surface area contributed by atoms with Crippen molar-refractivity contribution in [2.24, 2.45) is 0 Å². The van der Waals surface area contributed by atoms with Crippen LogP contribution in [0.5, 0.6) is 5.88 Å². The SMILES string of the molecule is CCOc1ncccc1-c1ccc(C2(C(=O)N[C@@H]3CCN(C)C3)CCN(c3ccc(C(F)(F)F)cc3C#N)CC2)nc1. The number of alkyl halides is 3. The number of nitrogens with zero attached hydrogens (tertiary/aromatic N) is 5. The number of halogens is 3. The molecule has 1 aromatic carbocycles. The summed E-state index contributed by atoms with van der Waals surface area (Å²) in [5.74, 6) is 0.400. The van der Waals surface area contributed by atoms with Gasteiger partial charge in [0.05, 0.1) is 34.5 Å². The summed E-state index contributed by atoms with van der Waals surface area (Å²) in [6.45, 7) is 4.77. The molecule has 1 N–H and O–H groups in total. The Kier molecular flexibility index (Phi) is 8.36. The van der Waals surface area contributed by atoms with Crippen LogP contribution in [0.1, 0.15) is 43.0 Å². The van der Waals surface area contributed by atoms with Crippen molar-refractivity contribution in [3.63, 3.8) is 0 Å². The zero-order valence-corrected chi connectivity index (χ0v) is 23.6. The minimum absolute atomic E-state index is 0.0286. The first-order valence-electron chi connectivity index (χ1n) is 14.0. The maximum absolute atomic E-state index is 14.0. The average molecular weight is 579 g/mol. The number of hydrogen-bond donors (Lipinski definition) is 1. The summed E-state index contributed by atoms with van der Waals surface area (Å²) in [6.07, 6.45) is 0.481. The molecule has 1 atom stereocenters.